The smallest absolute Gasteiger partial charge is 0.0701 e. The van der Waals surface area contributed by atoms with Crippen LogP contribution in [-0.4, -0.2) is 124 Å². The molecule has 0 saturated heterocycles. The van der Waals surface area contributed by atoms with Gasteiger partial charge in [-0.2, -0.15) is 0 Å². The van der Waals surface area contributed by atoms with Gasteiger partial charge in [-0.25, -0.2) is 0 Å². The van der Waals surface area contributed by atoms with E-state index in [-0.39, 0.29) is 6.61 Å². The molecule has 0 radical (unpaired) electrons. The first-order valence-corrected chi connectivity index (χ1v) is 10.2. The monoisotopic (exact) mass is 439 g/mol. The van der Waals surface area contributed by atoms with E-state index >= 15 is 0 Å². The number of nitrogens with zero attached hydrogens (tertiary/aromatic N) is 3. The Morgan fingerprint density at radius 2 is 0.733 bits per heavy atom. The molecule has 0 atom stereocenters. The Hall–Kier alpha value is -1.05. The summed E-state index contributed by atoms with van der Waals surface area (Å²) in [5.41, 5.74) is 8.09. The molecule has 30 heavy (non-hydrogen) atoms. The number of ether oxygens (including phenoxy) is 8. The minimum atomic E-state index is 0.0263. The maximum Gasteiger partial charge on any atom is 0.0701 e. The molecular weight excluding hydrogens is 402 g/mol. The first-order chi connectivity index (χ1) is 14.9. The summed E-state index contributed by atoms with van der Waals surface area (Å²) in [6.45, 7) is 8.01. The third-order valence-electron chi connectivity index (χ3n) is 3.24. The van der Waals surface area contributed by atoms with E-state index in [0.29, 0.717) is 112 Å². The van der Waals surface area contributed by atoms with Crippen LogP contribution in [0, 0.1) is 0 Å². The summed E-state index contributed by atoms with van der Waals surface area (Å²) >= 11 is 0. The van der Waals surface area contributed by atoms with Crippen LogP contribution in [0.15, 0.2) is 5.11 Å². The summed E-state index contributed by atoms with van der Waals surface area (Å²) in [4.78, 5) is 2.63. The lowest BCUT2D eigenvalue weighted by atomic mass is 10.6. The molecule has 0 bridgehead atoms. The van der Waals surface area contributed by atoms with Crippen LogP contribution in [0.5, 0.6) is 0 Å². The summed E-state index contributed by atoms with van der Waals surface area (Å²) in [6.07, 6.45) is 0. The maximum atomic E-state index is 8.53. The SMILES string of the molecule is [N-]=[N+]=NCCOCCOCCOCCOCCOCCOCCOCCOCCO. The Bertz CT molecular complexity index is 375. The van der Waals surface area contributed by atoms with E-state index in [9.17, 15) is 0 Å². The average molecular weight is 440 g/mol. The van der Waals surface area contributed by atoms with Gasteiger partial charge >= 0.3 is 0 Å². The highest BCUT2D eigenvalue weighted by Crippen LogP contribution is 1.86. The largest absolute Gasteiger partial charge is 0.394 e. The second-order valence-corrected chi connectivity index (χ2v) is 5.58. The molecule has 12 nitrogen and oxygen atoms in total. The third-order valence-corrected chi connectivity index (χ3v) is 3.24. The van der Waals surface area contributed by atoms with E-state index in [1.807, 2.05) is 0 Å². The molecule has 1 N–H and O–H groups in total. The van der Waals surface area contributed by atoms with Gasteiger partial charge in [0.15, 0.2) is 0 Å². The molecule has 178 valence electrons. The van der Waals surface area contributed by atoms with E-state index in [1.165, 1.54) is 0 Å². The first-order valence-electron chi connectivity index (χ1n) is 10.2. The van der Waals surface area contributed by atoms with Crippen molar-refractivity contribution >= 4 is 0 Å². The number of rotatable bonds is 26. The molecule has 12 heteroatoms. The lowest BCUT2D eigenvalue weighted by Gasteiger charge is -2.08. The predicted molar refractivity (Wildman–Crippen MR) is 108 cm³/mol. The van der Waals surface area contributed by atoms with Crippen LogP contribution in [-0.2, 0) is 37.9 Å². The summed E-state index contributed by atoms with van der Waals surface area (Å²) in [7, 11) is 0. The van der Waals surface area contributed by atoms with Gasteiger partial charge in [0.2, 0.25) is 0 Å². The van der Waals surface area contributed by atoms with Crippen LogP contribution < -0.4 is 0 Å². The van der Waals surface area contributed by atoms with Crippen LogP contribution in [0.1, 0.15) is 0 Å². The highest BCUT2D eigenvalue weighted by atomic mass is 16.6. The topological polar surface area (TPSA) is 143 Å². The first kappa shape index (κ1) is 28.9. The van der Waals surface area contributed by atoms with Gasteiger partial charge in [0.05, 0.1) is 112 Å². The molecule has 0 amide bonds. The summed E-state index contributed by atoms with van der Waals surface area (Å²) in [5, 5.41) is 11.9. The zero-order chi connectivity index (χ0) is 21.8. The molecule has 0 heterocycles. The van der Waals surface area contributed by atoms with Gasteiger partial charge in [-0.05, 0) is 5.53 Å². The van der Waals surface area contributed by atoms with E-state index in [0.717, 1.165) is 0 Å². The van der Waals surface area contributed by atoms with Crippen molar-refractivity contribution < 1.29 is 43.0 Å². The van der Waals surface area contributed by atoms with Gasteiger partial charge < -0.3 is 43.0 Å². The number of hydrogen-bond donors (Lipinski definition) is 1. The second kappa shape index (κ2) is 27.9. The molecule has 0 spiro atoms. The molecule has 0 aromatic heterocycles. The fraction of sp³-hybridized carbons (Fsp3) is 1.00. The molecule has 0 rings (SSSR count). The molecule has 0 aliphatic rings. The molecule has 0 aliphatic heterocycles. The van der Waals surface area contributed by atoms with Crippen molar-refractivity contribution in [3.05, 3.63) is 10.4 Å². The minimum Gasteiger partial charge on any atom is -0.394 e. The van der Waals surface area contributed by atoms with Crippen molar-refractivity contribution in [2.45, 2.75) is 0 Å². The van der Waals surface area contributed by atoms with Crippen molar-refractivity contribution in [2.24, 2.45) is 5.11 Å². The number of azide groups is 1. The molecule has 0 unspecified atom stereocenters. The zero-order valence-corrected chi connectivity index (χ0v) is 17.8. The highest BCUT2D eigenvalue weighted by Gasteiger charge is 1.95. The summed E-state index contributed by atoms with van der Waals surface area (Å²) in [6, 6.07) is 0. The molecule has 0 fully saturated rings. The zero-order valence-electron chi connectivity index (χ0n) is 17.8. The molecule has 0 aromatic carbocycles. The fourth-order valence-electron chi connectivity index (χ4n) is 1.86. The Balaban J connectivity index is 2.99. The van der Waals surface area contributed by atoms with Gasteiger partial charge in [0.25, 0.3) is 0 Å². The van der Waals surface area contributed by atoms with Crippen LogP contribution in [0.3, 0.4) is 0 Å². The highest BCUT2D eigenvalue weighted by molar-refractivity contribution is 4.44. The summed E-state index contributed by atoms with van der Waals surface area (Å²) in [5.74, 6) is 0. The lowest BCUT2D eigenvalue weighted by molar-refractivity contribution is -0.0236. The number of hydrogen-bond acceptors (Lipinski definition) is 10. The molecule has 0 aliphatic carbocycles. The maximum absolute atomic E-state index is 8.53. The Kier molecular flexibility index (Phi) is 27.0. The average Bonchev–Trinajstić information content (AvgIpc) is 2.76. The number of aliphatic hydroxyl groups is 1. The number of aliphatic hydroxyl groups excluding tert-OH is 1. The fourth-order valence-corrected chi connectivity index (χ4v) is 1.86. The Morgan fingerprint density at radius 1 is 0.467 bits per heavy atom. The standard InChI is InChI=1S/C18H37N3O9/c19-21-20-1-3-23-5-7-25-9-11-27-13-15-29-17-18-30-16-14-28-12-10-26-8-6-24-4-2-22/h22H,1-18H2. The van der Waals surface area contributed by atoms with Gasteiger partial charge in [0, 0.05) is 11.5 Å². The van der Waals surface area contributed by atoms with Crippen LogP contribution in [0.25, 0.3) is 10.4 Å². The van der Waals surface area contributed by atoms with Crippen molar-refractivity contribution in [1.29, 1.82) is 0 Å². The second-order valence-electron chi connectivity index (χ2n) is 5.58. The van der Waals surface area contributed by atoms with Crippen molar-refractivity contribution in [1.82, 2.24) is 0 Å². The van der Waals surface area contributed by atoms with Crippen molar-refractivity contribution in [3.63, 3.8) is 0 Å². The van der Waals surface area contributed by atoms with Crippen molar-refractivity contribution in [2.75, 3.05) is 119 Å². The van der Waals surface area contributed by atoms with Crippen LogP contribution in [0.2, 0.25) is 0 Å². The van der Waals surface area contributed by atoms with Gasteiger partial charge in [-0.1, -0.05) is 5.11 Å². The van der Waals surface area contributed by atoms with Crippen LogP contribution in [0.4, 0.5) is 0 Å². The molecule has 0 saturated carbocycles. The third kappa shape index (κ3) is 27.0. The van der Waals surface area contributed by atoms with Gasteiger partial charge in [-0.15, -0.1) is 0 Å². The Labute approximate surface area is 178 Å². The van der Waals surface area contributed by atoms with Crippen molar-refractivity contribution in [3.8, 4) is 0 Å². The Morgan fingerprint density at radius 3 is 1.00 bits per heavy atom. The van der Waals surface area contributed by atoms with Gasteiger partial charge in [0.1, 0.15) is 0 Å². The predicted octanol–water partition coefficient (Wildman–Crippen LogP) is 0.422. The molecular formula is C18H37N3O9. The lowest BCUT2D eigenvalue weighted by Crippen LogP contribution is -2.15. The molecule has 0 aromatic rings. The van der Waals surface area contributed by atoms with Crippen LogP contribution >= 0.6 is 0 Å². The minimum absolute atomic E-state index is 0.0263. The van der Waals surface area contributed by atoms with E-state index < -0.39 is 0 Å². The van der Waals surface area contributed by atoms with E-state index in [4.69, 9.17) is 48.5 Å². The van der Waals surface area contributed by atoms with Gasteiger partial charge in [-0.3, -0.25) is 0 Å². The van der Waals surface area contributed by atoms with E-state index in [2.05, 4.69) is 10.0 Å². The van der Waals surface area contributed by atoms with E-state index in [1.54, 1.807) is 0 Å². The summed E-state index contributed by atoms with van der Waals surface area (Å²) < 4.78 is 42.4. The quantitative estimate of drug-likeness (QED) is 0.0877. The normalized spacial score (nSPS) is 11.0.